The van der Waals surface area contributed by atoms with Crippen molar-refractivity contribution in [2.45, 2.75) is 54.9 Å². The summed E-state index contributed by atoms with van der Waals surface area (Å²) in [6, 6.07) is 40.7. The van der Waals surface area contributed by atoms with E-state index in [1.54, 1.807) is 35.3 Å². The maximum Gasteiger partial charge on any atom is 0.165 e. The Morgan fingerprint density at radius 2 is 1.11 bits per heavy atom. The molecule has 0 N–H and O–H groups in total. The van der Waals surface area contributed by atoms with E-state index < -0.39 is 6.10 Å². The standard InChI is InChI=1S/C39H40O2S3/c1-5-41-37(28-36(40)30-18-10-6-11-19-30)38(44-33-24-16-9-17-25-33)27-34(42-31-20-12-7-13-21-31)26-35(29-39(2,3)4)43-32-22-14-8-15-23-32/h6-27,29,37H,5,28H2,1-4H3/b34-26-,35-29-,38-27-. The van der Waals surface area contributed by atoms with Crippen molar-refractivity contribution >= 4 is 41.1 Å². The molecule has 0 aromatic heterocycles. The van der Waals surface area contributed by atoms with Crippen LogP contribution in [0.2, 0.25) is 0 Å². The minimum atomic E-state index is -0.394. The summed E-state index contributed by atoms with van der Waals surface area (Å²) in [4.78, 5) is 20.1. The SMILES string of the molecule is CCOC(CC(=O)c1ccccc1)/C(=C/C(=C/C(=C/C(C)(C)C)Sc1ccccc1)Sc1ccccc1)Sc1ccccc1. The molecule has 1 atom stereocenters. The minimum absolute atomic E-state index is 0.0164. The highest BCUT2D eigenvalue weighted by atomic mass is 32.2. The van der Waals surface area contributed by atoms with Gasteiger partial charge in [-0.25, -0.2) is 0 Å². The maximum atomic E-state index is 13.5. The molecule has 4 aromatic rings. The molecular weight excluding hydrogens is 597 g/mol. The zero-order valence-electron chi connectivity index (χ0n) is 25.8. The average Bonchev–Trinajstić information content (AvgIpc) is 3.01. The van der Waals surface area contributed by atoms with Crippen molar-refractivity contribution in [1.29, 1.82) is 0 Å². The molecule has 0 aliphatic rings. The van der Waals surface area contributed by atoms with Crippen LogP contribution >= 0.6 is 35.3 Å². The van der Waals surface area contributed by atoms with Crippen molar-refractivity contribution in [1.82, 2.24) is 0 Å². The lowest BCUT2D eigenvalue weighted by molar-refractivity contribution is 0.0712. The number of carbonyl (C=O) groups is 1. The van der Waals surface area contributed by atoms with E-state index in [1.807, 2.05) is 67.6 Å². The second-order valence-electron chi connectivity index (χ2n) is 11.2. The number of hydrogen-bond donors (Lipinski definition) is 0. The highest BCUT2D eigenvalue weighted by Crippen LogP contribution is 2.39. The molecule has 0 amide bonds. The summed E-state index contributed by atoms with van der Waals surface area (Å²) in [5.74, 6) is 0.0674. The Kier molecular flexibility index (Phi) is 13.2. The summed E-state index contributed by atoms with van der Waals surface area (Å²) in [6.45, 7) is 9.17. The van der Waals surface area contributed by atoms with Crippen LogP contribution in [0.15, 0.2) is 169 Å². The molecule has 2 nitrogen and oxygen atoms in total. The van der Waals surface area contributed by atoms with Gasteiger partial charge in [0.15, 0.2) is 5.78 Å². The molecule has 0 aliphatic heterocycles. The van der Waals surface area contributed by atoms with Gasteiger partial charge in [0.25, 0.3) is 0 Å². The first-order chi connectivity index (χ1) is 21.3. The second-order valence-corrected chi connectivity index (χ2v) is 14.6. The van der Waals surface area contributed by atoms with E-state index in [4.69, 9.17) is 4.74 Å². The number of ketones is 1. The van der Waals surface area contributed by atoms with Crippen molar-refractivity contribution < 1.29 is 9.53 Å². The fourth-order valence-electron chi connectivity index (χ4n) is 4.32. The van der Waals surface area contributed by atoms with Crippen LogP contribution in [0.4, 0.5) is 0 Å². The zero-order valence-corrected chi connectivity index (χ0v) is 28.3. The van der Waals surface area contributed by atoms with E-state index >= 15 is 0 Å². The number of hydrogen-bond acceptors (Lipinski definition) is 5. The fraction of sp³-hybridized carbons (Fsp3) is 0.205. The number of Topliss-reactive ketones (excluding diaryl/α,β-unsaturated/α-hetero) is 1. The van der Waals surface area contributed by atoms with Gasteiger partial charge in [0, 0.05) is 48.0 Å². The summed E-state index contributed by atoms with van der Waals surface area (Å²) in [6.07, 6.45) is 6.68. The first-order valence-corrected chi connectivity index (χ1v) is 17.3. The smallest absolute Gasteiger partial charge is 0.165 e. The summed E-state index contributed by atoms with van der Waals surface area (Å²) in [5, 5.41) is 0. The van der Waals surface area contributed by atoms with Crippen LogP contribution in [0.1, 0.15) is 44.5 Å². The number of carbonyl (C=O) groups excluding carboxylic acids is 1. The summed E-state index contributed by atoms with van der Waals surface area (Å²) >= 11 is 5.14. The van der Waals surface area contributed by atoms with Crippen LogP contribution in [0.25, 0.3) is 0 Å². The lowest BCUT2D eigenvalue weighted by Gasteiger charge is -2.21. The quantitative estimate of drug-likeness (QED) is 0.0779. The maximum absolute atomic E-state index is 13.5. The van der Waals surface area contributed by atoms with Gasteiger partial charge in [-0.15, -0.1) is 0 Å². The van der Waals surface area contributed by atoms with Crippen LogP contribution in [-0.2, 0) is 4.74 Å². The minimum Gasteiger partial charge on any atom is -0.373 e. The Labute approximate surface area is 276 Å². The molecule has 0 radical (unpaired) electrons. The van der Waals surface area contributed by atoms with E-state index in [9.17, 15) is 4.79 Å². The van der Waals surface area contributed by atoms with E-state index in [0.29, 0.717) is 12.2 Å². The molecule has 0 saturated heterocycles. The van der Waals surface area contributed by atoms with E-state index in [2.05, 4.69) is 99.7 Å². The Morgan fingerprint density at radius 1 is 0.659 bits per heavy atom. The third-order valence-electron chi connectivity index (χ3n) is 6.23. The highest BCUT2D eigenvalue weighted by Gasteiger charge is 2.22. The fourth-order valence-corrected chi connectivity index (χ4v) is 7.61. The first-order valence-electron chi connectivity index (χ1n) is 14.8. The van der Waals surface area contributed by atoms with Gasteiger partial charge in [-0.3, -0.25) is 4.79 Å². The Balaban J connectivity index is 1.82. The third kappa shape index (κ3) is 11.7. The molecule has 0 heterocycles. The molecule has 1 unspecified atom stereocenters. The van der Waals surface area contributed by atoms with Crippen molar-refractivity contribution in [3.05, 3.63) is 160 Å². The molecule has 0 bridgehead atoms. The third-order valence-corrected chi connectivity index (χ3v) is 9.32. The number of benzene rings is 4. The monoisotopic (exact) mass is 636 g/mol. The Morgan fingerprint density at radius 3 is 1.59 bits per heavy atom. The summed E-state index contributed by atoms with van der Waals surface area (Å²) in [7, 11) is 0. The molecule has 4 rings (SSSR count). The topological polar surface area (TPSA) is 26.3 Å². The predicted octanol–water partition coefficient (Wildman–Crippen LogP) is 11.7. The molecule has 0 fully saturated rings. The molecule has 44 heavy (non-hydrogen) atoms. The van der Waals surface area contributed by atoms with Crippen molar-refractivity contribution in [3.8, 4) is 0 Å². The normalized spacial score (nSPS) is 13.5. The highest BCUT2D eigenvalue weighted by molar-refractivity contribution is 8.04. The molecule has 5 heteroatoms. The first kappa shape index (κ1) is 33.7. The van der Waals surface area contributed by atoms with Gasteiger partial charge in [0.05, 0.1) is 6.10 Å². The van der Waals surface area contributed by atoms with Crippen molar-refractivity contribution in [2.75, 3.05) is 6.61 Å². The van der Waals surface area contributed by atoms with Gasteiger partial charge in [0.1, 0.15) is 0 Å². The number of rotatable bonds is 14. The summed E-state index contributed by atoms with van der Waals surface area (Å²) < 4.78 is 6.33. The van der Waals surface area contributed by atoms with Crippen LogP contribution in [0.3, 0.4) is 0 Å². The van der Waals surface area contributed by atoms with E-state index in [0.717, 1.165) is 24.5 Å². The molecular formula is C39H40O2S3. The Hall–Kier alpha value is -3.22. The van der Waals surface area contributed by atoms with Crippen LogP contribution in [0.5, 0.6) is 0 Å². The van der Waals surface area contributed by atoms with Gasteiger partial charge >= 0.3 is 0 Å². The van der Waals surface area contributed by atoms with Crippen LogP contribution < -0.4 is 0 Å². The van der Waals surface area contributed by atoms with Gasteiger partial charge in [-0.05, 0) is 60.9 Å². The molecule has 4 aromatic carbocycles. The predicted molar refractivity (Wildman–Crippen MR) is 191 cm³/mol. The lowest BCUT2D eigenvalue weighted by atomic mass is 9.96. The number of thioether (sulfide) groups is 3. The Bertz CT molecular complexity index is 1540. The number of allylic oxidation sites excluding steroid dienone is 3. The van der Waals surface area contributed by atoms with E-state index in [1.165, 1.54) is 4.90 Å². The number of ether oxygens (including phenoxy) is 1. The van der Waals surface area contributed by atoms with Crippen molar-refractivity contribution in [2.24, 2.45) is 5.41 Å². The van der Waals surface area contributed by atoms with Gasteiger partial charge in [-0.2, -0.15) is 0 Å². The molecule has 0 aliphatic carbocycles. The molecule has 0 spiro atoms. The van der Waals surface area contributed by atoms with Crippen molar-refractivity contribution in [3.63, 3.8) is 0 Å². The average molecular weight is 637 g/mol. The molecule has 0 saturated carbocycles. The van der Waals surface area contributed by atoms with Crippen LogP contribution in [-0.4, -0.2) is 18.5 Å². The van der Waals surface area contributed by atoms with Gasteiger partial charge in [-0.1, -0.05) is 147 Å². The zero-order chi connectivity index (χ0) is 31.2. The lowest BCUT2D eigenvalue weighted by Crippen LogP contribution is -2.19. The second kappa shape index (κ2) is 17.3. The largest absolute Gasteiger partial charge is 0.373 e. The van der Waals surface area contributed by atoms with Crippen LogP contribution in [0, 0.1) is 5.41 Å². The van der Waals surface area contributed by atoms with Gasteiger partial charge in [0.2, 0.25) is 0 Å². The van der Waals surface area contributed by atoms with Gasteiger partial charge < -0.3 is 4.74 Å². The van der Waals surface area contributed by atoms with E-state index in [-0.39, 0.29) is 17.6 Å². The summed E-state index contributed by atoms with van der Waals surface area (Å²) in [5.41, 5.74) is 0.683. The molecule has 226 valence electrons.